The molecule has 0 saturated carbocycles. The summed E-state index contributed by atoms with van der Waals surface area (Å²) in [5.41, 5.74) is 1.23. The zero-order valence-electron chi connectivity index (χ0n) is 12.7. The van der Waals surface area contributed by atoms with Crippen LogP contribution in [0.3, 0.4) is 0 Å². The van der Waals surface area contributed by atoms with Crippen molar-refractivity contribution >= 4 is 0 Å². The quantitative estimate of drug-likeness (QED) is 0.909. The fourth-order valence-corrected chi connectivity index (χ4v) is 3.00. The van der Waals surface area contributed by atoms with E-state index in [1.807, 2.05) is 12.1 Å². The maximum absolute atomic E-state index is 12.9. The van der Waals surface area contributed by atoms with Gasteiger partial charge in [-0.25, -0.2) is 4.39 Å². The Labute approximate surface area is 122 Å². The Hall–Kier alpha value is -0.930. The maximum atomic E-state index is 12.9. The Morgan fingerprint density at radius 1 is 1.30 bits per heavy atom. The molecule has 1 aliphatic rings. The van der Waals surface area contributed by atoms with Gasteiger partial charge in [-0.1, -0.05) is 19.1 Å². The molecule has 0 radical (unpaired) electrons. The van der Waals surface area contributed by atoms with Gasteiger partial charge in [0.2, 0.25) is 0 Å². The van der Waals surface area contributed by atoms with Crippen LogP contribution in [0.25, 0.3) is 0 Å². The molecule has 2 nitrogen and oxygen atoms in total. The fraction of sp³-hybridized carbons (Fsp3) is 0.647. The highest BCUT2D eigenvalue weighted by atomic mass is 19.1. The Balaban J connectivity index is 1.89. The first-order chi connectivity index (χ1) is 9.69. The van der Waals surface area contributed by atoms with Crippen LogP contribution in [0.5, 0.6) is 0 Å². The molecule has 1 aromatic rings. The van der Waals surface area contributed by atoms with Crippen LogP contribution < -0.4 is 5.32 Å². The molecule has 0 aromatic heterocycles. The lowest BCUT2D eigenvalue weighted by atomic mass is 10.0. The van der Waals surface area contributed by atoms with Crippen LogP contribution in [0.2, 0.25) is 0 Å². The van der Waals surface area contributed by atoms with Crippen LogP contribution in [-0.2, 0) is 6.42 Å². The van der Waals surface area contributed by atoms with Gasteiger partial charge < -0.3 is 10.2 Å². The third kappa shape index (κ3) is 4.57. The average molecular weight is 278 g/mol. The minimum Gasteiger partial charge on any atom is -0.314 e. The predicted octanol–water partition coefficient (Wildman–Crippen LogP) is 3.22. The molecule has 1 saturated heterocycles. The summed E-state index contributed by atoms with van der Waals surface area (Å²) in [6.45, 7) is 7.99. The number of rotatable bonds is 4. The molecule has 1 aliphatic heterocycles. The van der Waals surface area contributed by atoms with Gasteiger partial charge in [0.05, 0.1) is 0 Å². The fourth-order valence-electron chi connectivity index (χ4n) is 3.00. The monoisotopic (exact) mass is 278 g/mol. The summed E-state index contributed by atoms with van der Waals surface area (Å²) >= 11 is 0. The van der Waals surface area contributed by atoms with Gasteiger partial charge in [-0.05, 0) is 69.9 Å². The molecule has 2 unspecified atom stereocenters. The van der Waals surface area contributed by atoms with Crippen LogP contribution in [0.1, 0.15) is 38.7 Å². The first-order valence-corrected chi connectivity index (χ1v) is 7.91. The van der Waals surface area contributed by atoms with Gasteiger partial charge in [-0.3, -0.25) is 0 Å². The van der Waals surface area contributed by atoms with Crippen molar-refractivity contribution in [1.29, 1.82) is 0 Å². The topological polar surface area (TPSA) is 15.3 Å². The van der Waals surface area contributed by atoms with E-state index in [0.717, 1.165) is 26.1 Å². The van der Waals surface area contributed by atoms with Crippen LogP contribution in [0, 0.1) is 5.82 Å². The molecule has 1 heterocycles. The SMILES string of the molecule is CCC1CCN(C(C)Cc2ccc(F)cc2)CCCN1. The van der Waals surface area contributed by atoms with E-state index in [2.05, 4.69) is 24.1 Å². The standard InChI is InChI=1S/C17H27FN2/c1-3-17-9-12-20(11-4-10-19-17)14(2)13-15-5-7-16(18)8-6-15/h5-8,14,17,19H,3-4,9-13H2,1-2H3. The Morgan fingerprint density at radius 2 is 2.05 bits per heavy atom. The number of halogens is 1. The van der Waals surface area contributed by atoms with Gasteiger partial charge in [-0.2, -0.15) is 0 Å². The molecule has 1 aromatic carbocycles. The predicted molar refractivity (Wildman–Crippen MR) is 82.5 cm³/mol. The van der Waals surface area contributed by atoms with Gasteiger partial charge >= 0.3 is 0 Å². The van der Waals surface area contributed by atoms with Crippen molar-refractivity contribution in [3.8, 4) is 0 Å². The van der Waals surface area contributed by atoms with Crippen molar-refractivity contribution in [2.45, 2.75) is 51.6 Å². The molecule has 0 amide bonds. The van der Waals surface area contributed by atoms with Gasteiger partial charge in [0.25, 0.3) is 0 Å². The summed E-state index contributed by atoms with van der Waals surface area (Å²) in [5, 5.41) is 3.62. The van der Waals surface area contributed by atoms with Gasteiger partial charge in [0, 0.05) is 12.1 Å². The van der Waals surface area contributed by atoms with Crippen LogP contribution in [0.4, 0.5) is 4.39 Å². The second-order valence-electron chi connectivity index (χ2n) is 5.92. The summed E-state index contributed by atoms with van der Waals surface area (Å²) in [6, 6.07) is 8.13. The summed E-state index contributed by atoms with van der Waals surface area (Å²) in [6.07, 6.45) is 4.65. The molecule has 1 N–H and O–H groups in total. The molecular formula is C17H27FN2. The summed E-state index contributed by atoms with van der Waals surface area (Å²) < 4.78 is 12.9. The molecule has 2 rings (SSSR count). The molecular weight excluding hydrogens is 251 g/mol. The summed E-state index contributed by atoms with van der Waals surface area (Å²) in [7, 11) is 0. The molecule has 2 atom stereocenters. The summed E-state index contributed by atoms with van der Waals surface area (Å²) in [5.74, 6) is -0.149. The van der Waals surface area contributed by atoms with Crippen molar-refractivity contribution in [2.75, 3.05) is 19.6 Å². The van der Waals surface area contributed by atoms with E-state index < -0.39 is 0 Å². The highest BCUT2D eigenvalue weighted by Crippen LogP contribution is 2.13. The minimum absolute atomic E-state index is 0.149. The van der Waals surface area contributed by atoms with Crippen LogP contribution in [-0.4, -0.2) is 36.6 Å². The highest BCUT2D eigenvalue weighted by Gasteiger charge is 2.18. The summed E-state index contributed by atoms with van der Waals surface area (Å²) in [4.78, 5) is 2.59. The molecule has 20 heavy (non-hydrogen) atoms. The van der Waals surface area contributed by atoms with E-state index >= 15 is 0 Å². The van der Waals surface area contributed by atoms with Crippen LogP contribution in [0.15, 0.2) is 24.3 Å². The van der Waals surface area contributed by atoms with Crippen molar-refractivity contribution in [3.05, 3.63) is 35.6 Å². The van der Waals surface area contributed by atoms with Gasteiger partial charge in [0.15, 0.2) is 0 Å². The van der Waals surface area contributed by atoms with E-state index in [4.69, 9.17) is 0 Å². The first-order valence-electron chi connectivity index (χ1n) is 7.91. The van der Waals surface area contributed by atoms with Gasteiger partial charge in [-0.15, -0.1) is 0 Å². The van der Waals surface area contributed by atoms with E-state index in [1.54, 1.807) is 12.1 Å². The second-order valence-corrected chi connectivity index (χ2v) is 5.92. The molecule has 112 valence electrons. The normalized spacial score (nSPS) is 23.1. The number of nitrogens with one attached hydrogen (secondary N) is 1. The van der Waals surface area contributed by atoms with Crippen molar-refractivity contribution in [2.24, 2.45) is 0 Å². The lowest BCUT2D eigenvalue weighted by Gasteiger charge is -2.33. The lowest BCUT2D eigenvalue weighted by Crippen LogP contribution is -2.43. The van der Waals surface area contributed by atoms with Crippen molar-refractivity contribution < 1.29 is 4.39 Å². The largest absolute Gasteiger partial charge is 0.314 e. The Bertz CT molecular complexity index is 390. The molecule has 3 heteroatoms. The molecule has 0 aliphatic carbocycles. The third-order valence-electron chi connectivity index (χ3n) is 4.38. The molecule has 0 bridgehead atoms. The van der Waals surface area contributed by atoms with E-state index in [0.29, 0.717) is 12.1 Å². The van der Waals surface area contributed by atoms with Crippen molar-refractivity contribution in [3.63, 3.8) is 0 Å². The van der Waals surface area contributed by atoms with E-state index in [9.17, 15) is 4.39 Å². The second kappa shape index (κ2) is 7.75. The first kappa shape index (κ1) is 15.5. The third-order valence-corrected chi connectivity index (χ3v) is 4.38. The number of nitrogens with zero attached hydrogens (tertiary/aromatic N) is 1. The van der Waals surface area contributed by atoms with Gasteiger partial charge in [0.1, 0.15) is 5.82 Å². The smallest absolute Gasteiger partial charge is 0.123 e. The highest BCUT2D eigenvalue weighted by molar-refractivity contribution is 5.17. The molecule has 0 spiro atoms. The van der Waals surface area contributed by atoms with E-state index in [-0.39, 0.29) is 5.82 Å². The lowest BCUT2D eigenvalue weighted by molar-refractivity contribution is 0.179. The minimum atomic E-state index is -0.149. The molecule has 1 fully saturated rings. The van der Waals surface area contributed by atoms with Crippen LogP contribution >= 0.6 is 0 Å². The van der Waals surface area contributed by atoms with Crippen molar-refractivity contribution in [1.82, 2.24) is 10.2 Å². The zero-order chi connectivity index (χ0) is 14.4. The Morgan fingerprint density at radius 3 is 2.75 bits per heavy atom. The number of hydrogen-bond donors (Lipinski definition) is 1. The number of benzene rings is 1. The average Bonchev–Trinajstić information content (AvgIpc) is 2.41. The maximum Gasteiger partial charge on any atom is 0.123 e. The Kier molecular flexibility index (Phi) is 5.99. The van der Waals surface area contributed by atoms with E-state index in [1.165, 1.54) is 24.8 Å². The number of hydrogen-bond acceptors (Lipinski definition) is 2. The zero-order valence-corrected chi connectivity index (χ0v) is 12.7.